The molecule has 0 aliphatic heterocycles. The van der Waals surface area contributed by atoms with Gasteiger partial charge in [0.05, 0.1) is 0 Å². The van der Waals surface area contributed by atoms with E-state index in [4.69, 9.17) is 0 Å². The molecule has 1 aliphatic rings. The normalized spacial score (nSPS) is 16.3. The van der Waals surface area contributed by atoms with Crippen LogP contribution in [0.25, 0.3) is 11.4 Å². The van der Waals surface area contributed by atoms with Crippen LogP contribution in [-0.4, -0.2) is 20.8 Å². The van der Waals surface area contributed by atoms with Gasteiger partial charge >= 0.3 is 0 Å². The summed E-state index contributed by atoms with van der Waals surface area (Å²) in [5.74, 6) is 1.78. The van der Waals surface area contributed by atoms with Crippen molar-refractivity contribution in [1.29, 1.82) is 0 Å². The molecule has 1 saturated carbocycles. The van der Waals surface area contributed by atoms with Gasteiger partial charge in [-0.1, -0.05) is 6.92 Å². The number of anilines is 1. The molecule has 3 rings (SSSR count). The monoisotopic (exact) mass is 256 g/mol. The predicted molar refractivity (Wildman–Crippen MR) is 76.9 cm³/mol. The SMILES string of the molecule is CCC(Nc1ccc(-c2nncn2C)cc1)C1CC1. The molecule has 2 aromatic rings. The van der Waals surface area contributed by atoms with E-state index in [-0.39, 0.29) is 0 Å². The minimum Gasteiger partial charge on any atom is -0.382 e. The number of rotatable bonds is 5. The second-order valence-corrected chi connectivity index (χ2v) is 5.34. The predicted octanol–water partition coefficient (Wildman–Crippen LogP) is 3.08. The summed E-state index contributed by atoms with van der Waals surface area (Å²) < 4.78 is 1.93. The summed E-state index contributed by atoms with van der Waals surface area (Å²) in [4.78, 5) is 0. The third-order valence-electron chi connectivity index (χ3n) is 3.84. The van der Waals surface area contributed by atoms with Crippen molar-refractivity contribution in [2.45, 2.75) is 32.2 Å². The number of nitrogens with one attached hydrogen (secondary N) is 1. The molecule has 1 unspecified atom stereocenters. The van der Waals surface area contributed by atoms with E-state index in [1.165, 1.54) is 24.9 Å². The van der Waals surface area contributed by atoms with E-state index in [0.29, 0.717) is 6.04 Å². The molecule has 1 aromatic heterocycles. The summed E-state index contributed by atoms with van der Waals surface area (Å²) in [6.45, 7) is 2.25. The van der Waals surface area contributed by atoms with Crippen LogP contribution >= 0.6 is 0 Å². The molecule has 1 aliphatic carbocycles. The van der Waals surface area contributed by atoms with E-state index >= 15 is 0 Å². The molecule has 1 N–H and O–H groups in total. The number of hydrogen-bond acceptors (Lipinski definition) is 3. The van der Waals surface area contributed by atoms with Crippen molar-refractivity contribution < 1.29 is 0 Å². The average molecular weight is 256 g/mol. The summed E-state index contributed by atoms with van der Waals surface area (Å²) in [7, 11) is 1.96. The molecular weight excluding hydrogens is 236 g/mol. The molecule has 0 amide bonds. The van der Waals surface area contributed by atoms with E-state index in [0.717, 1.165) is 17.3 Å². The van der Waals surface area contributed by atoms with Crippen molar-refractivity contribution in [1.82, 2.24) is 14.8 Å². The second-order valence-electron chi connectivity index (χ2n) is 5.34. The Morgan fingerprint density at radius 2 is 2.05 bits per heavy atom. The lowest BCUT2D eigenvalue weighted by molar-refractivity contribution is 0.616. The van der Waals surface area contributed by atoms with Gasteiger partial charge < -0.3 is 9.88 Å². The molecule has 1 heterocycles. The second kappa shape index (κ2) is 5.03. The lowest BCUT2D eigenvalue weighted by Crippen LogP contribution is -2.20. The summed E-state index contributed by atoms with van der Waals surface area (Å²) in [6, 6.07) is 9.10. The minimum atomic E-state index is 0.626. The van der Waals surface area contributed by atoms with E-state index in [9.17, 15) is 0 Å². The van der Waals surface area contributed by atoms with Crippen molar-refractivity contribution in [3.05, 3.63) is 30.6 Å². The number of aromatic nitrogens is 3. The third-order valence-corrected chi connectivity index (χ3v) is 3.84. The Bertz CT molecular complexity index is 540. The molecule has 4 nitrogen and oxygen atoms in total. The number of aryl methyl sites for hydroxylation is 1. The Morgan fingerprint density at radius 1 is 1.32 bits per heavy atom. The van der Waals surface area contributed by atoms with Gasteiger partial charge in [0.25, 0.3) is 0 Å². The van der Waals surface area contributed by atoms with Crippen LogP contribution in [0.4, 0.5) is 5.69 Å². The Morgan fingerprint density at radius 3 is 2.58 bits per heavy atom. The first-order valence-electron chi connectivity index (χ1n) is 6.99. The van der Waals surface area contributed by atoms with Gasteiger partial charge in [0.1, 0.15) is 6.33 Å². The van der Waals surface area contributed by atoms with E-state index < -0.39 is 0 Å². The molecular formula is C15H20N4. The average Bonchev–Trinajstić information content (AvgIpc) is 3.19. The summed E-state index contributed by atoms with van der Waals surface area (Å²) in [5, 5.41) is 11.7. The standard InChI is InChI=1S/C15H20N4/c1-3-14(11-4-5-11)17-13-8-6-12(7-9-13)15-18-16-10-19(15)2/h6-11,14,17H,3-5H2,1-2H3. The van der Waals surface area contributed by atoms with Gasteiger partial charge in [0, 0.05) is 24.3 Å². The topological polar surface area (TPSA) is 42.7 Å². The first-order valence-corrected chi connectivity index (χ1v) is 6.99. The fourth-order valence-corrected chi connectivity index (χ4v) is 2.53. The largest absolute Gasteiger partial charge is 0.382 e. The molecule has 0 bridgehead atoms. The van der Waals surface area contributed by atoms with Crippen LogP contribution < -0.4 is 5.32 Å². The van der Waals surface area contributed by atoms with Crippen molar-refractivity contribution in [2.24, 2.45) is 13.0 Å². The van der Waals surface area contributed by atoms with Crippen molar-refractivity contribution in [2.75, 3.05) is 5.32 Å². The minimum absolute atomic E-state index is 0.626. The molecule has 19 heavy (non-hydrogen) atoms. The number of hydrogen-bond donors (Lipinski definition) is 1. The van der Waals surface area contributed by atoms with E-state index in [2.05, 4.69) is 46.7 Å². The fourth-order valence-electron chi connectivity index (χ4n) is 2.53. The zero-order valence-electron chi connectivity index (χ0n) is 11.5. The van der Waals surface area contributed by atoms with Gasteiger partial charge in [-0.05, 0) is 49.4 Å². The van der Waals surface area contributed by atoms with Gasteiger partial charge in [-0.2, -0.15) is 0 Å². The first kappa shape index (κ1) is 12.2. The molecule has 1 aromatic carbocycles. The first-order chi connectivity index (χ1) is 9.28. The highest BCUT2D eigenvalue weighted by molar-refractivity contribution is 5.60. The number of nitrogens with zero attached hydrogens (tertiary/aromatic N) is 3. The highest BCUT2D eigenvalue weighted by Crippen LogP contribution is 2.35. The highest BCUT2D eigenvalue weighted by Gasteiger charge is 2.29. The van der Waals surface area contributed by atoms with Gasteiger partial charge in [0.15, 0.2) is 5.82 Å². The van der Waals surface area contributed by atoms with Crippen LogP contribution in [0.15, 0.2) is 30.6 Å². The molecule has 0 saturated heterocycles. The van der Waals surface area contributed by atoms with Crippen LogP contribution in [0.2, 0.25) is 0 Å². The number of benzene rings is 1. The summed E-state index contributed by atoms with van der Waals surface area (Å²) >= 11 is 0. The van der Waals surface area contributed by atoms with E-state index in [1.54, 1.807) is 6.33 Å². The van der Waals surface area contributed by atoms with Crippen LogP contribution in [0, 0.1) is 5.92 Å². The molecule has 1 atom stereocenters. The zero-order chi connectivity index (χ0) is 13.2. The lowest BCUT2D eigenvalue weighted by Gasteiger charge is -2.17. The van der Waals surface area contributed by atoms with E-state index in [1.807, 2.05) is 11.6 Å². The van der Waals surface area contributed by atoms with Crippen molar-refractivity contribution >= 4 is 5.69 Å². The summed E-state index contributed by atoms with van der Waals surface area (Å²) in [6.07, 6.45) is 5.67. The van der Waals surface area contributed by atoms with Crippen LogP contribution in [0.1, 0.15) is 26.2 Å². The Hall–Kier alpha value is -1.84. The molecule has 4 heteroatoms. The molecule has 0 radical (unpaired) electrons. The maximum absolute atomic E-state index is 4.12. The summed E-state index contributed by atoms with van der Waals surface area (Å²) in [5.41, 5.74) is 2.30. The van der Waals surface area contributed by atoms with Gasteiger partial charge in [0.2, 0.25) is 0 Å². The highest BCUT2D eigenvalue weighted by atomic mass is 15.2. The molecule has 0 spiro atoms. The van der Waals surface area contributed by atoms with Crippen LogP contribution in [0.3, 0.4) is 0 Å². The van der Waals surface area contributed by atoms with Crippen molar-refractivity contribution in [3.63, 3.8) is 0 Å². The smallest absolute Gasteiger partial charge is 0.163 e. The van der Waals surface area contributed by atoms with Gasteiger partial charge in [-0.25, -0.2) is 0 Å². The van der Waals surface area contributed by atoms with Gasteiger partial charge in [-0.15, -0.1) is 10.2 Å². The van der Waals surface area contributed by atoms with Crippen LogP contribution in [0.5, 0.6) is 0 Å². The maximum atomic E-state index is 4.12. The molecule has 100 valence electrons. The quantitative estimate of drug-likeness (QED) is 0.894. The van der Waals surface area contributed by atoms with Crippen molar-refractivity contribution in [3.8, 4) is 11.4 Å². The zero-order valence-corrected chi connectivity index (χ0v) is 11.5. The van der Waals surface area contributed by atoms with Gasteiger partial charge in [-0.3, -0.25) is 0 Å². The Labute approximate surface area is 113 Å². The Kier molecular flexibility index (Phi) is 3.23. The lowest BCUT2D eigenvalue weighted by atomic mass is 10.1. The molecule has 1 fully saturated rings. The fraction of sp³-hybridized carbons (Fsp3) is 0.467. The third kappa shape index (κ3) is 2.62. The maximum Gasteiger partial charge on any atom is 0.163 e. The van der Waals surface area contributed by atoms with Crippen LogP contribution in [-0.2, 0) is 7.05 Å². The Balaban J connectivity index is 1.73.